The lowest BCUT2D eigenvalue weighted by molar-refractivity contribution is 1.43. The van der Waals surface area contributed by atoms with Crippen molar-refractivity contribution in [2.45, 2.75) is 6.92 Å². The van der Waals surface area contributed by atoms with Gasteiger partial charge in [0.25, 0.3) is 0 Å². The molecule has 0 bridgehead atoms. The minimum Gasteiger partial charge on any atom is -0.306 e. The highest BCUT2D eigenvalue weighted by Crippen LogP contribution is 2.09. The van der Waals surface area contributed by atoms with Gasteiger partial charge in [-0.15, -0.1) is 0 Å². The van der Waals surface area contributed by atoms with Crippen LogP contribution >= 0.6 is 11.8 Å². The number of nitrogens with zero attached hydrogens (tertiary/aromatic N) is 1. The monoisotopic (exact) mass is 219 g/mol. The summed E-state index contributed by atoms with van der Waals surface area (Å²) in [5, 5.41) is 15.0. The Kier molecular flexibility index (Phi) is 4.24. The standard InChI is InChI=1S/C11H13N3S/c1-8-5-3-4-6-9(8)10(7-12)14-11(13)15-2/h3-7,12-13H,1-2H3/b12-7?,13-11?,14-10+. The Labute approximate surface area is 93.6 Å². The molecule has 0 aliphatic rings. The molecular formula is C11H13N3S. The molecule has 0 saturated heterocycles. The van der Waals surface area contributed by atoms with E-state index in [0.29, 0.717) is 5.71 Å². The van der Waals surface area contributed by atoms with Crippen molar-refractivity contribution in [2.24, 2.45) is 4.99 Å². The van der Waals surface area contributed by atoms with Gasteiger partial charge in [0.1, 0.15) is 0 Å². The first-order valence-corrected chi connectivity index (χ1v) is 5.69. The molecule has 0 heterocycles. The van der Waals surface area contributed by atoms with Gasteiger partial charge in [-0.3, -0.25) is 5.41 Å². The smallest absolute Gasteiger partial charge is 0.180 e. The first-order chi connectivity index (χ1) is 7.19. The lowest BCUT2D eigenvalue weighted by atomic mass is 10.1. The van der Waals surface area contributed by atoms with Crippen molar-refractivity contribution in [3.05, 3.63) is 35.4 Å². The van der Waals surface area contributed by atoms with Crippen LogP contribution in [0.25, 0.3) is 0 Å². The lowest BCUT2D eigenvalue weighted by Crippen LogP contribution is -2.06. The Morgan fingerprint density at radius 1 is 1.40 bits per heavy atom. The minimum absolute atomic E-state index is 0.219. The van der Waals surface area contributed by atoms with Crippen LogP contribution in [-0.4, -0.2) is 23.3 Å². The summed E-state index contributed by atoms with van der Waals surface area (Å²) in [6.45, 7) is 1.97. The highest BCUT2D eigenvalue weighted by atomic mass is 32.2. The van der Waals surface area contributed by atoms with Crippen LogP contribution in [-0.2, 0) is 0 Å². The number of amidine groups is 1. The zero-order valence-corrected chi connectivity index (χ0v) is 9.56. The summed E-state index contributed by atoms with van der Waals surface area (Å²) in [5.74, 6) is 0. The average Bonchev–Trinajstić information content (AvgIpc) is 2.26. The van der Waals surface area contributed by atoms with Crippen molar-refractivity contribution in [3.63, 3.8) is 0 Å². The van der Waals surface area contributed by atoms with Gasteiger partial charge in [0.2, 0.25) is 0 Å². The second-order valence-electron chi connectivity index (χ2n) is 2.97. The molecule has 4 heteroatoms. The molecule has 3 nitrogen and oxygen atoms in total. The maximum atomic E-state index is 7.46. The summed E-state index contributed by atoms with van der Waals surface area (Å²) in [6, 6.07) is 7.73. The van der Waals surface area contributed by atoms with Crippen LogP contribution in [0.5, 0.6) is 0 Å². The van der Waals surface area contributed by atoms with Gasteiger partial charge in [-0.2, -0.15) is 0 Å². The highest BCUT2D eigenvalue weighted by Gasteiger charge is 2.04. The molecule has 78 valence electrons. The van der Waals surface area contributed by atoms with E-state index >= 15 is 0 Å². The van der Waals surface area contributed by atoms with Gasteiger partial charge in [-0.1, -0.05) is 36.0 Å². The number of rotatable bonds is 2. The predicted octanol–water partition coefficient (Wildman–Crippen LogP) is 2.73. The third-order valence-electron chi connectivity index (χ3n) is 1.97. The van der Waals surface area contributed by atoms with Crippen molar-refractivity contribution >= 4 is 28.9 Å². The SMILES string of the molecule is CSC(=N)/N=C(\C=N)c1ccccc1C. The Hall–Kier alpha value is -1.42. The zero-order chi connectivity index (χ0) is 11.3. The van der Waals surface area contributed by atoms with Crippen LogP contribution in [0.3, 0.4) is 0 Å². The van der Waals surface area contributed by atoms with Crippen molar-refractivity contribution in [3.8, 4) is 0 Å². The van der Waals surface area contributed by atoms with Crippen molar-refractivity contribution in [1.82, 2.24) is 0 Å². The Morgan fingerprint density at radius 3 is 2.60 bits per heavy atom. The summed E-state index contributed by atoms with van der Waals surface area (Å²) in [6.07, 6.45) is 2.98. The summed E-state index contributed by atoms with van der Waals surface area (Å²) in [5.41, 5.74) is 2.51. The Balaban J connectivity index is 3.14. The van der Waals surface area contributed by atoms with E-state index in [2.05, 4.69) is 4.99 Å². The van der Waals surface area contributed by atoms with E-state index in [1.807, 2.05) is 31.2 Å². The van der Waals surface area contributed by atoms with Gasteiger partial charge >= 0.3 is 0 Å². The number of aliphatic imine (C=N–C) groups is 1. The van der Waals surface area contributed by atoms with E-state index in [-0.39, 0.29) is 5.17 Å². The highest BCUT2D eigenvalue weighted by molar-refractivity contribution is 8.13. The topological polar surface area (TPSA) is 60.1 Å². The van der Waals surface area contributed by atoms with E-state index in [1.165, 1.54) is 18.0 Å². The summed E-state index contributed by atoms with van der Waals surface area (Å²) in [4.78, 5) is 4.06. The van der Waals surface area contributed by atoms with Gasteiger partial charge in [-0.25, -0.2) is 4.99 Å². The number of hydrogen-bond donors (Lipinski definition) is 2. The fourth-order valence-electron chi connectivity index (χ4n) is 1.19. The largest absolute Gasteiger partial charge is 0.306 e. The molecule has 1 aromatic rings. The summed E-state index contributed by atoms with van der Waals surface area (Å²) in [7, 11) is 0. The van der Waals surface area contributed by atoms with Crippen LogP contribution < -0.4 is 0 Å². The van der Waals surface area contributed by atoms with Gasteiger partial charge in [0.15, 0.2) is 5.17 Å². The maximum Gasteiger partial charge on any atom is 0.180 e. The quantitative estimate of drug-likeness (QED) is 0.583. The molecule has 2 N–H and O–H groups in total. The molecule has 0 fully saturated rings. The number of aryl methyl sites for hydroxylation is 1. The van der Waals surface area contributed by atoms with E-state index < -0.39 is 0 Å². The van der Waals surface area contributed by atoms with Gasteiger partial charge in [0, 0.05) is 11.8 Å². The second-order valence-corrected chi connectivity index (χ2v) is 3.76. The zero-order valence-electron chi connectivity index (χ0n) is 8.74. The summed E-state index contributed by atoms with van der Waals surface area (Å²) < 4.78 is 0. The van der Waals surface area contributed by atoms with Gasteiger partial charge in [0.05, 0.1) is 5.71 Å². The predicted molar refractivity (Wildman–Crippen MR) is 67.7 cm³/mol. The number of benzene rings is 1. The molecule has 0 spiro atoms. The molecule has 15 heavy (non-hydrogen) atoms. The Morgan fingerprint density at radius 2 is 2.07 bits per heavy atom. The number of thioether (sulfide) groups is 1. The molecule has 0 aliphatic carbocycles. The molecule has 0 atom stereocenters. The molecule has 1 aromatic carbocycles. The Bertz CT molecular complexity index is 410. The molecule has 1 rings (SSSR count). The first kappa shape index (κ1) is 11.7. The van der Waals surface area contributed by atoms with Crippen molar-refractivity contribution in [2.75, 3.05) is 6.26 Å². The van der Waals surface area contributed by atoms with Crippen LogP contribution in [0.4, 0.5) is 0 Å². The van der Waals surface area contributed by atoms with Crippen molar-refractivity contribution < 1.29 is 0 Å². The first-order valence-electron chi connectivity index (χ1n) is 4.46. The van der Waals surface area contributed by atoms with Gasteiger partial charge in [-0.05, 0) is 18.7 Å². The number of nitrogens with one attached hydrogen (secondary N) is 2. The third-order valence-corrected chi connectivity index (χ3v) is 2.45. The maximum absolute atomic E-state index is 7.46. The molecule has 0 saturated carbocycles. The summed E-state index contributed by atoms with van der Waals surface area (Å²) >= 11 is 1.26. The van der Waals surface area contributed by atoms with E-state index in [0.717, 1.165) is 11.1 Å². The van der Waals surface area contributed by atoms with Crippen LogP contribution in [0.15, 0.2) is 29.3 Å². The van der Waals surface area contributed by atoms with Crippen molar-refractivity contribution in [1.29, 1.82) is 10.8 Å². The van der Waals surface area contributed by atoms with E-state index in [4.69, 9.17) is 10.8 Å². The average molecular weight is 219 g/mol. The molecule has 0 aliphatic heterocycles. The van der Waals surface area contributed by atoms with E-state index in [9.17, 15) is 0 Å². The molecule has 0 radical (unpaired) electrons. The normalized spacial score (nSPS) is 11.2. The minimum atomic E-state index is 0.219. The molecule has 0 unspecified atom stereocenters. The second kappa shape index (κ2) is 5.46. The fraction of sp³-hybridized carbons (Fsp3) is 0.182. The van der Waals surface area contributed by atoms with Crippen LogP contribution in [0, 0.1) is 17.7 Å². The molecule has 0 amide bonds. The third kappa shape index (κ3) is 3.02. The number of hydrogen-bond acceptors (Lipinski definition) is 3. The molecular weight excluding hydrogens is 206 g/mol. The van der Waals surface area contributed by atoms with Gasteiger partial charge < -0.3 is 5.41 Å². The van der Waals surface area contributed by atoms with Crippen LogP contribution in [0.1, 0.15) is 11.1 Å². The molecule has 0 aromatic heterocycles. The lowest BCUT2D eigenvalue weighted by Gasteiger charge is -2.04. The fourth-order valence-corrected chi connectivity index (χ4v) is 1.38. The van der Waals surface area contributed by atoms with E-state index in [1.54, 1.807) is 6.26 Å². The van der Waals surface area contributed by atoms with Crippen LogP contribution in [0.2, 0.25) is 0 Å².